The van der Waals surface area contributed by atoms with Crippen molar-refractivity contribution in [1.82, 2.24) is 15.1 Å². The summed E-state index contributed by atoms with van der Waals surface area (Å²) >= 11 is 0. The molecule has 3 rings (SSSR count). The van der Waals surface area contributed by atoms with Gasteiger partial charge in [0.2, 0.25) is 0 Å². The van der Waals surface area contributed by atoms with Crippen molar-refractivity contribution in [1.29, 1.82) is 0 Å². The van der Waals surface area contributed by atoms with Gasteiger partial charge in [-0.1, -0.05) is 39.8 Å². The van der Waals surface area contributed by atoms with Crippen LogP contribution in [0.15, 0.2) is 36.4 Å². The average molecular weight is 495 g/mol. The second-order valence-corrected chi connectivity index (χ2v) is 8.93. The first-order valence-corrected chi connectivity index (χ1v) is 12.5. The Kier molecular flexibility index (Phi) is 9.36. The largest absolute Gasteiger partial charge is 0.496 e. The SMILES string of the molecule is CCN(CC)CCCNc1ccc(-c2c(-c3c(OC)cccc3OC)n[nH]c2C(=O)O)c(C(C)C)c1. The van der Waals surface area contributed by atoms with Crippen molar-refractivity contribution in [2.24, 2.45) is 0 Å². The van der Waals surface area contributed by atoms with Gasteiger partial charge in [0.1, 0.15) is 17.2 Å². The molecule has 0 aliphatic carbocycles. The van der Waals surface area contributed by atoms with Crippen LogP contribution in [0.2, 0.25) is 0 Å². The van der Waals surface area contributed by atoms with Crippen molar-refractivity contribution in [2.75, 3.05) is 45.7 Å². The second kappa shape index (κ2) is 12.4. The molecule has 2 aromatic carbocycles. The minimum atomic E-state index is -1.08. The van der Waals surface area contributed by atoms with Crippen molar-refractivity contribution >= 4 is 11.7 Å². The van der Waals surface area contributed by atoms with Gasteiger partial charge in [-0.2, -0.15) is 5.10 Å². The molecule has 0 bridgehead atoms. The van der Waals surface area contributed by atoms with Crippen molar-refractivity contribution in [3.8, 4) is 33.9 Å². The van der Waals surface area contributed by atoms with Crippen LogP contribution in [0.1, 0.15) is 56.1 Å². The van der Waals surface area contributed by atoms with Crippen LogP contribution in [0.4, 0.5) is 5.69 Å². The maximum Gasteiger partial charge on any atom is 0.354 e. The highest BCUT2D eigenvalue weighted by Crippen LogP contribution is 2.45. The zero-order valence-electron chi connectivity index (χ0n) is 22.1. The number of benzene rings is 2. The van der Waals surface area contributed by atoms with E-state index in [2.05, 4.69) is 54.2 Å². The van der Waals surface area contributed by atoms with Crippen LogP contribution in [0, 0.1) is 0 Å². The van der Waals surface area contributed by atoms with Crippen LogP contribution in [0.3, 0.4) is 0 Å². The van der Waals surface area contributed by atoms with Crippen LogP contribution >= 0.6 is 0 Å². The van der Waals surface area contributed by atoms with E-state index in [1.807, 2.05) is 30.3 Å². The standard InChI is InChI=1S/C28H38N4O4/c1-7-32(8-2)16-10-15-29-19-13-14-20(21(17-19)18(3)4)24-26(30-31-27(24)28(33)34)25-22(35-5)11-9-12-23(25)36-6/h9,11-14,17-18,29H,7-8,10,15-16H2,1-6H3,(H,30,31)(H,33,34). The lowest BCUT2D eigenvalue weighted by molar-refractivity contribution is 0.0691. The second-order valence-electron chi connectivity index (χ2n) is 8.93. The number of anilines is 1. The third-order valence-corrected chi connectivity index (χ3v) is 6.46. The fourth-order valence-electron chi connectivity index (χ4n) is 4.48. The molecule has 0 aliphatic rings. The van der Waals surface area contributed by atoms with Gasteiger partial charge in [-0.05, 0) is 67.4 Å². The molecule has 0 atom stereocenters. The van der Waals surface area contributed by atoms with E-state index in [1.54, 1.807) is 14.2 Å². The first kappa shape index (κ1) is 27.1. The van der Waals surface area contributed by atoms with E-state index in [1.165, 1.54) is 0 Å². The van der Waals surface area contributed by atoms with Gasteiger partial charge in [-0.25, -0.2) is 4.79 Å². The molecule has 8 heteroatoms. The molecule has 0 aliphatic heterocycles. The Morgan fingerprint density at radius 2 is 1.75 bits per heavy atom. The predicted octanol–water partition coefficient (Wildman–Crippen LogP) is 5.73. The molecule has 0 radical (unpaired) electrons. The van der Waals surface area contributed by atoms with Crippen molar-refractivity contribution < 1.29 is 19.4 Å². The number of carbonyl (C=O) groups is 1. The Morgan fingerprint density at radius 1 is 1.08 bits per heavy atom. The monoisotopic (exact) mass is 494 g/mol. The van der Waals surface area contributed by atoms with Gasteiger partial charge in [0.25, 0.3) is 0 Å². The summed E-state index contributed by atoms with van der Waals surface area (Å²) in [6, 6.07) is 11.5. The van der Waals surface area contributed by atoms with Gasteiger partial charge in [-0.15, -0.1) is 0 Å². The zero-order chi connectivity index (χ0) is 26.2. The molecule has 0 unspecified atom stereocenters. The molecule has 194 valence electrons. The summed E-state index contributed by atoms with van der Waals surface area (Å²) in [7, 11) is 3.14. The number of hydrogen-bond donors (Lipinski definition) is 3. The van der Waals surface area contributed by atoms with E-state index in [4.69, 9.17) is 9.47 Å². The quantitative estimate of drug-likeness (QED) is 0.261. The van der Waals surface area contributed by atoms with Gasteiger partial charge in [0, 0.05) is 17.8 Å². The smallest absolute Gasteiger partial charge is 0.354 e. The summed E-state index contributed by atoms with van der Waals surface area (Å²) in [5, 5.41) is 20.7. The summed E-state index contributed by atoms with van der Waals surface area (Å²) in [4.78, 5) is 14.6. The normalized spacial score (nSPS) is 11.2. The van der Waals surface area contributed by atoms with E-state index in [0.29, 0.717) is 28.3 Å². The summed E-state index contributed by atoms with van der Waals surface area (Å²) in [6.45, 7) is 12.6. The Bertz CT molecular complexity index is 1150. The highest BCUT2D eigenvalue weighted by Gasteiger charge is 2.27. The van der Waals surface area contributed by atoms with Crippen molar-refractivity contribution in [3.63, 3.8) is 0 Å². The van der Waals surface area contributed by atoms with Crippen LogP contribution in [0.25, 0.3) is 22.4 Å². The number of carboxylic acids is 1. The Hall–Kier alpha value is -3.52. The molecule has 3 aromatic rings. The molecule has 0 saturated heterocycles. The summed E-state index contributed by atoms with van der Waals surface area (Å²) in [6.07, 6.45) is 1.04. The molecular formula is C28H38N4O4. The summed E-state index contributed by atoms with van der Waals surface area (Å²) < 4.78 is 11.2. The first-order valence-electron chi connectivity index (χ1n) is 12.5. The van der Waals surface area contributed by atoms with Crippen molar-refractivity contribution in [2.45, 2.75) is 40.0 Å². The number of rotatable bonds is 13. The number of nitrogens with zero attached hydrogens (tertiary/aromatic N) is 2. The Morgan fingerprint density at radius 3 is 2.31 bits per heavy atom. The highest BCUT2D eigenvalue weighted by atomic mass is 16.5. The fraction of sp³-hybridized carbons (Fsp3) is 0.429. The van der Waals surface area contributed by atoms with Crippen LogP contribution < -0.4 is 14.8 Å². The van der Waals surface area contributed by atoms with Gasteiger partial charge < -0.3 is 24.8 Å². The lowest BCUT2D eigenvalue weighted by atomic mass is 9.89. The number of ether oxygens (including phenoxy) is 2. The molecule has 1 heterocycles. The number of hydrogen-bond acceptors (Lipinski definition) is 6. The molecule has 0 fully saturated rings. The number of nitrogens with one attached hydrogen (secondary N) is 2. The molecule has 3 N–H and O–H groups in total. The minimum Gasteiger partial charge on any atom is -0.496 e. The van der Waals surface area contributed by atoms with Crippen LogP contribution in [-0.2, 0) is 0 Å². The van der Waals surface area contributed by atoms with Crippen LogP contribution in [0.5, 0.6) is 11.5 Å². The highest BCUT2D eigenvalue weighted by molar-refractivity contribution is 6.01. The number of methoxy groups -OCH3 is 2. The maximum atomic E-state index is 12.2. The molecule has 0 amide bonds. The third kappa shape index (κ3) is 5.82. The lowest BCUT2D eigenvalue weighted by Crippen LogP contribution is -2.25. The number of aromatic nitrogens is 2. The predicted molar refractivity (Wildman–Crippen MR) is 145 cm³/mol. The van der Waals surface area contributed by atoms with Gasteiger partial charge in [-0.3, -0.25) is 5.10 Å². The average Bonchev–Trinajstić information content (AvgIpc) is 3.33. The molecule has 1 aromatic heterocycles. The van der Waals surface area contributed by atoms with E-state index in [0.717, 1.165) is 49.4 Å². The van der Waals surface area contributed by atoms with Crippen LogP contribution in [-0.4, -0.2) is 66.6 Å². The number of carboxylic acid groups (broad SMARTS) is 1. The van der Waals surface area contributed by atoms with Gasteiger partial charge in [0.05, 0.1) is 19.8 Å². The van der Waals surface area contributed by atoms with E-state index < -0.39 is 5.97 Å². The zero-order valence-corrected chi connectivity index (χ0v) is 22.1. The number of H-pyrrole nitrogens is 1. The van der Waals surface area contributed by atoms with E-state index >= 15 is 0 Å². The molecular weight excluding hydrogens is 456 g/mol. The lowest BCUT2D eigenvalue weighted by Gasteiger charge is -2.19. The third-order valence-electron chi connectivity index (χ3n) is 6.46. The first-order chi connectivity index (χ1) is 17.4. The molecule has 0 spiro atoms. The van der Waals surface area contributed by atoms with Gasteiger partial charge in [0.15, 0.2) is 5.69 Å². The van der Waals surface area contributed by atoms with Gasteiger partial charge >= 0.3 is 5.97 Å². The van der Waals surface area contributed by atoms with Crippen molar-refractivity contribution in [3.05, 3.63) is 47.7 Å². The number of aromatic amines is 1. The minimum absolute atomic E-state index is 0.0276. The summed E-state index contributed by atoms with van der Waals surface area (Å²) in [5.74, 6) is 0.181. The molecule has 0 saturated carbocycles. The molecule has 36 heavy (non-hydrogen) atoms. The van der Waals surface area contributed by atoms with E-state index in [-0.39, 0.29) is 11.6 Å². The van der Waals surface area contributed by atoms with E-state index in [9.17, 15) is 9.90 Å². The topological polar surface area (TPSA) is 99.7 Å². The molecule has 8 nitrogen and oxygen atoms in total. The Labute approximate surface area is 213 Å². The Balaban J connectivity index is 2.06. The maximum absolute atomic E-state index is 12.2. The number of aromatic carboxylic acids is 1. The summed E-state index contributed by atoms with van der Waals surface area (Å²) in [5.41, 5.74) is 4.48. The fourth-order valence-corrected chi connectivity index (χ4v) is 4.48.